The standard InChI is InChI=1S/C31H35N5O3/c1-39-31-23(7-4-14-33-31)21-10-12-28(37)24(18-21)29-34-25-11-9-22(19-26(25)35-29)30(38)32-15-13-20-6-5-17-36-16-3-2-8-27(20)36/h4,7,9-12,14,18-20,27,37H,2-3,5-6,8,13,15-17H2,1H3,(H,32,38)(H,34,35)/t20-,27+/m0/s1. The number of methoxy groups -OCH3 is 1. The number of phenols is 1. The second-order valence-corrected chi connectivity index (χ2v) is 10.7. The van der Waals surface area contributed by atoms with Gasteiger partial charge >= 0.3 is 0 Å². The molecule has 2 aliphatic heterocycles. The van der Waals surface area contributed by atoms with Gasteiger partial charge in [0.1, 0.15) is 11.6 Å². The maximum Gasteiger partial charge on any atom is 0.251 e. The first kappa shape index (κ1) is 25.4. The normalized spacial score (nSPS) is 19.5. The highest BCUT2D eigenvalue weighted by atomic mass is 16.5. The molecule has 39 heavy (non-hydrogen) atoms. The van der Waals surface area contributed by atoms with E-state index in [1.807, 2.05) is 42.5 Å². The Balaban J connectivity index is 1.17. The van der Waals surface area contributed by atoms with Crippen LogP contribution in [0.3, 0.4) is 0 Å². The van der Waals surface area contributed by atoms with Crippen LogP contribution in [-0.4, -0.2) is 63.7 Å². The number of nitrogens with zero attached hydrogens (tertiary/aromatic N) is 3. The predicted octanol–water partition coefficient (Wildman–Crippen LogP) is 5.39. The van der Waals surface area contributed by atoms with Crippen molar-refractivity contribution in [3.8, 4) is 34.1 Å². The van der Waals surface area contributed by atoms with Crippen molar-refractivity contribution in [2.75, 3.05) is 26.7 Å². The number of amides is 1. The smallest absolute Gasteiger partial charge is 0.251 e. The van der Waals surface area contributed by atoms with Gasteiger partial charge in [0.15, 0.2) is 0 Å². The van der Waals surface area contributed by atoms with Gasteiger partial charge in [0, 0.05) is 29.9 Å². The molecule has 0 spiro atoms. The van der Waals surface area contributed by atoms with Gasteiger partial charge in [-0.3, -0.25) is 4.79 Å². The minimum absolute atomic E-state index is 0.0714. The first-order chi connectivity index (χ1) is 19.1. The van der Waals surface area contributed by atoms with Crippen molar-refractivity contribution < 1.29 is 14.6 Å². The molecule has 4 heterocycles. The van der Waals surface area contributed by atoms with E-state index in [2.05, 4.69) is 25.2 Å². The van der Waals surface area contributed by atoms with Crippen molar-refractivity contribution in [1.82, 2.24) is 25.2 Å². The number of rotatable bonds is 7. The molecule has 3 N–H and O–H groups in total. The number of H-pyrrole nitrogens is 1. The molecule has 2 aromatic carbocycles. The average molecular weight is 526 g/mol. The van der Waals surface area contributed by atoms with Crippen LogP contribution in [0.25, 0.3) is 33.5 Å². The summed E-state index contributed by atoms with van der Waals surface area (Å²) >= 11 is 0. The number of aromatic amines is 1. The van der Waals surface area contributed by atoms with Gasteiger partial charge in [-0.15, -0.1) is 0 Å². The Kier molecular flexibility index (Phi) is 7.20. The van der Waals surface area contributed by atoms with Crippen LogP contribution < -0.4 is 10.1 Å². The number of piperidine rings is 2. The maximum atomic E-state index is 13.0. The third kappa shape index (κ3) is 5.21. The van der Waals surface area contributed by atoms with Crippen molar-refractivity contribution in [1.29, 1.82) is 0 Å². The van der Waals surface area contributed by atoms with Gasteiger partial charge in [-0.1, -0.05) is 12.5 Å². The lowest BCUT2D eigenvalue weighted by atomic mass is 9.81. The van der Waals surface area contributed by atoms with E-state index in [1.165, 1.54) is 45.2 Å². The Hall–Kier alpha value is -3.91. The van der Waals surface area contributed by atoms with Crippen LogP contribution in [0.4, 0.5) is 0 Å². The number of pyridine rings is 1. The Morgan fingerprint density at radius 3 is 2.90 bits per heavy atom. The number of ether oxygens (including phenoxy) is 1. The summed E-state index contributed by atoms with van der Waals surface area (Å²) in [6.45, 7) is 3.16. The van der Waals surface area contributed by atoms with E-state index >= 15 is 0 Å². The SMILES string of the molecule is COc1ncccc1-c1ccc(O)c(-c2nc3ccc(C(=O)NCC[C@@H]4CCCN5CCCC[C@H]45)cc3[nH]2)c1. The number of hydrogen-bond donors (Lipinski definition) is 3. The number of carbonyl (C=O) groups is 1. The summed E-state index contributed by atoms with van der Waals surface area (Å²) in [6.07, 6.45) is 9.19. The fraction of sp³-hybridized carbons (Fsp3) is 0.387. The lowest BCUT2D eigenvalue weighted by Crippen LogP contribution is -2.48. The minimum atomic E-state index is -0.0714. The molecule has 202 valence electrons. The second kappa shape index (κ2) is 11.1. The third-order valence-electron chi connectivity index (χ3n) is 8.30. The van der Waals surface area contributed by atoms with Crippen molar-refractivity contribution in [3.05, 3.63) is 60.3 Å². The molecule has 2 saturated heterocycles. The summed E-state index contributed by atoms with van der Waals surface area (Å²) in [6, 6.07) is 15.3. The first-order valence-corrected chi connectivity index (χ1v) is 14.0. The maximum absolute atomic E-state index is 13.0. The Labute approximate surface area is 228 Å². The number of fused-ring (bicyclic) bond motifs is 2. The lowest BCUT2D eigenvalue weighted by Gasteiger charge is -2.44. The zero-order valence-electron chi connectivity index (χ0n) is 22.3. The van der Waals surface area contributed by atoms with Crippen LogP contribution in [0.1, 0.15) is 48.9 Å². The quantitative estimate of drug-likeness (QED) is 0.299. The second-order valence-electron chi connectivity index (χ2n) is 10.7. The molecule has 2 fully saturated rings. The van der Waals surface area contributed by atoms with E-state index in [0.717, 1.165) is 28.6 Å². The molecule has 1 amide bonds. The molecule has 0 saturated carbocycles. The van der Waals surface area contributed by atoms with E-state index in [9.17, 15) is 9.90 Å². The summed E-state index contributed by atoms with van der Waals surface area (Å²) in [7, 11) is 1.58. The fourth-order valence-electron chi connectivity index (χ4n) is 6.33. The van der Waals surface area contributed by atoms with E-state index in [-0.39, 0.29) is 11.7 Å². The van der Waals surface area contributed by atoms with Crippen molar-refractivity contribution >= 4 is 16.9 Å². The number of nitrogens with one attached hydrogen (secondary N) is 2. The molecule has 2 aliphatic rings. The van der Waals surface area contributed by atoms with Crippen molar-refractivity contribution in [2.45, 2.75) is 44.6 Å². The largest absolute Gasteiger partial charge is 0.507 e. The number of aromatic hydroxyl groups is 1. The molecule has 0 radical (unpaired) electrons. The van der Waals surface area contributed by atoms with E-state index in [1.54, 1.807) is 19.4 Å². The average Bonchev–Trinajstić information content (AvgIpc) is 3.41. The van der Waals surface area contributed by atoms with Crippen LogP contribution in [0.2, 0.25) is 0 Å². The minimum Gasteiger partial charge on any atom is -0.507 e. The highest BCUT2D eigenvalue weighted by molar-refractivity contribution is 5.97. The molecule has 0 aliphatic carbocycles. The molecule has 4 aromatic rings. The van der Waals surface area contributed by atoms with Gasteiger partial charge in [0.25, 0.3) is 5.91 Å². The molecule has 2 atom stereocenters. The van der Waals surface area contributed by atoms with Crippen LogP contribution in [0.15, 0.2) is 54.7 Å². The number of carbonyl (C=O) groups excluding carboxylic acids is 1. The first-order valence-electron chi connectivity index (χ1n) is 14.0. The van der Waals surface area contributed by atoms with Crippen molar-refractivity contribution in [2.24, 2.45) is 5.92 Å². The number of hydrogen-bond acceptors (Lipinski definition) is 6. The number of phenolic OH excluding ortho intramolecular Hbond substituents is 1. The van der Waals surface area contributed by atoms with Crippen LogP contribution in [0.5, 0.6) is 11.6 Å². The van der Waals surface area contributed by atoms with Crippen LogP contribution >= 0.6 is 0 Å². The molecular formula is C31H35N5O3. The van der Waals surface area contributed by atoms with Gasteiger partial charge in [0.2, 0.25) is 5.88 Å². The third-order valence-corrected chi connectivity index (χ3v) is 8.30. The Bertz CT molecular complexity index is 1480. The van der Waals surface area contributed by atoms with Gasteiger partial charge in [-0.2, -0.15) is 0 Å². The summed E-state index contributed by atoms with van der Waals surface area (Å²) < 4.78 is 5.41. The molecule has 0 unspecified atom stereocenters. The van der Waals surface area contributed by atoms with Gasteiger partial charge in [-0.05, 0) is 99.1 Å². The zero-order valence-corrected chi connectivity index (χ0v) is 22.3. The van der Waals surface area contributed by atoms with Gasteiger partial charge in [-0.25, -0.2) is 9.97 Å². The van der Waals surface area contributed by atoms with Crippen LogP contribution in [-0.2, 0) is 0 Å². The fourth-order valence-corrected chi connectivity index (χ4v) is 6.33. The lowest BCUT2D eigenvalue weighted by molar-refractivity contribution is 0.0554. The number of aromatic nitrogens is 3. The van der Waals surface area contributed by atoms with Crippen molar-refractivity contribution in [3.63, 3.8) is 0 Å². The van der Waals surface area contributed by atoms with Gasteiger partial charge in [0.05, 0.1) is 23.7 Å². The van der Waals surface area contributed by atoms with E-state index < -0.39 is 0 Å². The summed E-state index contributed by atoms with van der Waals surface area (Å²) in [5.41, 5.74) is 4.29. The number of benzene rings is 2. The van der Waals surface area contributed by atoms with Gasteiger partial charge < -0.3 is 25.0 Å². The Morgan fingerprint density at radius 1 is 1.10 bits per heavy atom. The molecule has 0 bridgehead atoms. The van der Waals surface area contributed by atoms with E-state index in [0.29, 0.717) is 41.3 Å². The highest BCUT2D eigenvalue weighted by Crippen LogP contribution is 2.36. The van der Waals surface area contributed by atoms with E-state index in [4.69, 9.17) is 4.74 Å². The summed E-state index contributed by atoms with van der Waals surface area (Å²) in [4.78, 5) is 27.9. The summed E-state index contributed by atoms with van der Waals surface area (Å²) in [5.74, 6) is 1.75. The molecule has 2 aromatic heterocycles. The molecule has 6 rings (SSSR count). The topological polar surface area (TPSA) is 103 Å². The summed E-state index contributed by atoms with van der Waals surface area (Å²) in [5, 5.41) is 13.8. The number of imidazole rings is 1. The highest BCUT2D eigenvalue weighted by Gasteiger charge is 2.32. The molecule has 8 nitrogen and oxygen atoms in total. The monoisotopic (exact) mass is 525 g/mol. The molecule has 8 heteroatoms. The predicted molar refractivity (Wildman–Crippen MR) is 152 cm³/mol. The molecular weight excluding hydrogens is 490 g/mol. The zero-order chi connectivity index (χ0) is 26.8. The van der Waals surface area contributed by atoms with Crippen LogP contribution in [0, 0.1) is 5.92 Å². The Morgan fingerprint density at radius 2 is 2.00 bits per heavy atom.